The molecule has 0 bridgehead atoms. The highest BCUT2D eigenvalue weighted by Gasteiger charge is 2.57. The summed E-state index contributed by atoms with van der Waals surface area (Å²) < 4.78 is 53.1. The molecule has 1 heterocycles. The van der Waals surface area contributed by atoms with Crippen molar-refractivity contribution in [2.24, 2.45) is 0 Å². The number of carbonyl (C=O) groups is 1. The van der Waals surface area contributed by atoms with Gasteiger partial charge in [-0.3, -0.25) is 4.72 Å². The summed E-state index contributed by atoms with van der Waals surface area (Å²) in [5.74, 6) is -3.81. The monoisotopic (exact) mass is 479 g/mol. The number of aliphatic hydroxyl groups is 2. The van der Waals surface area contributed by atoms with E-state index >= 15 is 0 Å². The van der Waals surface area contributed by atoms with Crippen LogP contribution in [-0.2, 0) is 24.3 Å². The quantitative estimate of drug-likeness (QED) is 0.462. The Hall–Kier alpha value is -1.76. The number of benzene rings is 1. The SMILES string of the molecule is CC[C@]1(CO)OC2(C=C(C(=O)O)C(S(=O)(=O)Nc3ccc(F)c(Cl)c3)CC2)O[C@@H]1CO. The molecule has 3 rings (SSSR count). The smallest absolute Gasteiger partial charge is 0.332 e. The molecule has 1 saturated heterocycles. The molecule has 0 aromatic heterocycles. The fourth-order valence-corrected chi connectivity index (χ4v) is 5.62. The number of hydrogen-bond acceptors (Lipinski definition) is 7. The van der Waals surface area contributed by atoms with Crippen molar-refractivity contribution in [2.45, 2.75) is 48.9 Å². The first-order chi connectivity index (χ1) is 14.5. The normalized spacial score (nSPS) is 30.9. The second-order valence-corrected chi connectivity index (χ2v) is 9.76. The van der Waals surface area contributed by atoms with Crippen molar-refractivity contribution >= 4 is 33.3 Å². The molecule has 1 aliphatic heterocycles. The topological polar surface area (TPSA) is 142 Å². The van der Waals surface area contributed by atoms with Crippen LogP contribution in [0.1, 0.15) is 26.2 Å². The minimum absolute atomic E-state index is 0.0181. The van der Waals surface area contributed by atoms with Crippen LogP contribution in [-0.4, -0.2) is 65.7 Å². The average molecular weight is 480 g/mol. The summed E-state index contributed by atoms with van der Waals surface area (Å²) in [5.41, 5.74) is -1.74. The van der Waals surface area contributed by atoms with E-state index in [4.69, 9.17) is 21.1 Å². The van der Waals surface area contributed by atoms with E-state index in [-0.39, 0.29) is 30.0 Å². The van der Waals surface area contributed by atoms with E-state index in [1.165, 1.54) is 6.07 Å². The van der Waals surface area contributed by atoms with Gasteiger partial charge >= 0.3 is 5.97 Å². The van der Waals surface area contributed by atoms with Gasteiger partial charge in [0.2, 0.25) is 10.0 Å². The molecule has 2 aliphatic rings. The first kappa shape index (κ1) is 23.9. The molecule has 1 fully saturated rings. The second-order valence-electron chi connectivity index (χ2n) is 7.49. The molecule has 172 valence electrons. The highest BCUT2D eigenvalue weighted by Crippen LogP contribution is 2.46. The fourth-order valence-electron chi connectivity index (χ4n) is 3.91. The van der Waals surface area contributed by atoms with Gasteiger partial charge in [0.1, 0.15) is 22.8 Å². The number of carboxylic acid groups (broad SMARTS) is 1. The van der Waals surface area contributed by atoms with Crippen LogP contribution >= 0.6 is 11.6 Å². The molecule has 4 atom stereocenters. The van der Waals surface area contributed by atoms with Crippen molar-refractivity contribution in [1.82, 2.24) is 0 Å². The highest BCUT2D eigenvalue weighted by atomic mass is 35.5. The number of carboxylic acids is 1. The minimum Gasteiger partial charge on any atom is -0.478 e. The van der Waals surface area contributed by atoms with Crippen molar-refractivity contribution in [3.05, 3.63) is 40.7 Å². The lowest BCUT2D eigenvalue weighted by molar-refractivity contribution is -0.171. The van der Waals surface area contributed by atoms with Crippen LogP contribution in [0.15, 0.2) is 29.8 Å². The number of anilines is 1. The Morgan fingerprint density at radius 2 is 2.10 bits per heavy atom. The van der Waals surface area contributed by atoms with Gasteiger partial charge in [0.15, 0.2) is 5.79 Å². The van der Waals surface area contributed by atoms with E-state index in [0.717, 1.165) is 18.2 Å². The third-order valence-electron chi connectivity index (χ3n) is 5.61. The molecule has 0 saturated carbocycles. The van der Waals surface area contributed by atoms with Gasteiger partial charge in [-0.15, -0.1) is 0 Å². The third kappa shape index (κ3) is 4.43. The molecule has 1 aliphatic carbocycles. The first-order valence-corrected chi connectivity index (χ1v) is 11.5. The van der Waals surface area contributed by atoms with Crippen LogP contribution in [0.3, 0.4) is 0 Å². The lowest BCUT2D eigenvalue weighted by Gasteiger charge is -2.34. The van der Waals surface area contributed by atoms with E-state index < -0.39 is 63.3 Å². The maximum atomic E-state index is 13.3. The van der Waals surface area contributed by atoms with Crippen molar-refractivity contribution in [3.8, 4) is 0 Å². The van der Waals surface area contributed by atoms with Crippen molar-refractivity contribution < 1.29 is 42.4 Å². The van der Waals surface area contributed by atoms with Gasteiger partial charge in [-0.1, -0.05) is 18.5 Å². The molecule has 12 heteroatoms. The Labute approximate surface area is 183 Å². The number of halogens is 2. The molecule has 0 radical (unpaired) electrons. The lowest BCUT2D eigenvalue weighted by atomic mass is 9.93. The average Bonchev–Trinajstić information content (AvgIpc) is 3.03. The molecule has 4 N–H and O–H groups in total. The molecule has 31 heavy (non-hydrogen) atoms. The number of ether oxygens (including phenoxy) is 2. The summed E-state index contributed by atoms with van der Waals surface area (Å²) in [4.78, 5) is 11.9. The Kier molecular flexibility index (Phi) is 6.66. The van der Waals surface area contributed by atoms with E-state index in [1.54, 1.807) is 6.92 Å². The van der Waals surface area contributed by atoms with Crippen LogP contribution in [0, 0.1) is 5.82 Å². The molecule has 2 unspecified atom stereocenters. The zero-order valence-corrected chi connectivity index (χ0v) is 18.1. The Morgan fingerprint density at radius 1 is 1.39 bits per heavy atom. The number of sulfonamides is 1. The molecular formula is C19H23ClFNO8S. The largest absolute Gasteiger partial charge is 0.478 e. The van der Waals surface area contributed by atoms with Gasteiger partial charge in [-0.05, 0) is 37.1 Å². The molecule has 1 aromatic rings. The Balaban J connectivity index is 1.94. The molecule has 9 nitrogen and oxygen atoms in total. The number of nitrogens with one attached hydrogen (secondary N) is 1. The summed E-state index contributed by atoms with van der Waals surface area (Å²) in [7, 11) is -4.26. The van der Waals surface area contributed by atoms with Crippen molar-refractivity contribution in [3.63, 3.8) is 0 Å². The molecule has 0 amide bonds. The summed E-state index contributed by atoms with van der Waals surface area (Å²) >= 11 is 5.68. The number of rotatable bonds is 7. The molecule has 1 spiro atoms. The van der Waals surface area contributed by atoms with Gasteiger partial charge in [0.05, 0.1) is 29.5 Å². The van der Waals surface area contributed by atoms with Gasteiger partial charge in [-0.25, -0.2) is 17.6 Å². The molecule has 1 aromatic carbocycles. The summed E-state index contributed by atoms with van der Waals surface area (Å²) in [6.07, 6.45) is 0.238. The zero-order valence-electron chi connectivity index (χ0n) is 16.5. The predicted octanol–water partition coefficient (Wildman–Crippen LogP) is 1.64. The maximum Gasteiger partial charge on any atom is 0.332 e. The third-order valence-corrected chi connectivity index (χ3v) is 7.66. The highest BCUT2D eigenvalue weighted by molar-refractivity contribution is 7.93. The maximum absolute atomic E-state index is 13.3. The fraction of sp³-hybridized carbons (Fsp3) is 0.526. The van der Waals surface area contributed by atoms with Crippen LogP contribution in [0.4, 0.5) is 10.1 Å². The first-order valence-electron chi connectivity index (χ1n) is 9.54. The van der Waals surface area contributed by atoms with Gasteiger partial charge < -0.3 is 24.8 Å². The van der Waals surface area contributed by atoms with Crippen LogP contribution in [0.25, 0.3) is 0 Å². The predicted molar refractivity (Wildman–Crippen MR) is 109 cm³/mol. The van der Waals surface area contributed by atoms with Gasteiger partial charge in [0.25, 0.3) is 0 Å². The van der Waals surface area contributed by atoms with E-state index in [2.05, 4.69) is 4.72 Å². The zero-order chi connectivity index (χ0) is 23.0. The number of aliphatic hydroxyl groups excluding tert-OH is 2. The van der Waals surface area contributed by atoms with Crippen LogP contribution in [0.2, 0.25) is 5.02 Å². The summed E-state index contributed by atoms with van der Waals surface area (Å²) in [6.45, 7) is 0.777. The Bertz CT molecular complexity index is 997. The van der Waals surface area contributed by atoms with E-state index in [1.807, 2.05) is 0 Å². The van der Waals surface area contributed by atoms with Crippen LogP contribution in [0.5, 0.6) is 0 Å². The lowest BCUT2D eigenvalue weighted by Crippen LogP contribution is -2.46. The van der Waals surface area contributed by atoms with E-state index in [9.17, 15) is 32.9 Å². The summed E-state index contributed by atoms with van der Waals surface area (Å²) in [5, 5.41) is 27.4. The summed E-state index contributed by atoms with van der Waals surface area (Å²) in [6, 6.07) is 3.23. The Morgan fingerprint density at radius 3 is 2.61 bits per heavy atom. The standard InChI is InChI=1S/C19H23ClFNO8S/c1-2-18(10-24)16(9-23)29-19(30-18)6-5-15(12(8-19)17(25)26)31(27,28)22-11-3-4-14(21)13(20)7-11/h3-4,7-8,15-16,22-24H,2,5-6,9-10H2,1H3,(H,25,26)/t15?,16-,18-,19?/m1/s1. The number of aliphatic carboxylic acids is 1. The van der Waals surface area contributed by atoms with Crippen molar-refractivity contribution in [1.29, 1.82) is 0 Å². The van der Waals surface area contributed by atoms with E-state index in [0.29, 0.717) is 0 Å². The second kappa shape index (κ2) is 8.64. The van der Waals surface area contributed by atoms with Gasteiger partial charge in [-0.2, -0.15) is 0 Å². The van der Waals surface area contributed by atoms with Gasteiger partial charge in [0, 0.05) is 6.42 Å². The number of hydrogen-bond donors (Lipinski definition) is 4. The van der Waals surface area contributed by atoms with Crippen molar-refractivity contribution in [2.75, 3.05) is 17.9 Å². The minimum atomic E-state index is -4.26. The van der Waals surface area contributed by atoms with Crippen LogP contribution < -0.4 is 4.72 Å². The molecular weight excluding hydrogens is 457 g/mol.